The van der Waals surface area contributed by atoms with E-state index >= 15 is 0 Å². The van der Waals surface area contributed by atoms with Crippen LogP contribution in [0.2, 0.25) is 5.02 Å². The fourth-order valence-electron chi connectivity index (χ4n) is 2.66. The first-order chi connectivity index (χ1) is 9.65. The molecule has 0 spiro atoms. The third-order valence-electron chi connectivity index (χ3n) is 3.84. The van der Waals surface area contributed by atoms with Crippen molar-refractivity contribution in [2.45, 2.75) is 18.9 Å². The molecule has 0 aliphatic heterocycles. The Labute approximate surface area is 123 Å². The second-order valence-electron chi connectivity index (χ2n) is 5.11. The first-order valence-electron chi connectivity index (χ1n) is 6.60. The molecule has 0 N–H and O–H groups in total. The molecule has 20 heavy (non-hydrogen) atoms. The van der Waals surface area contributed by atoms with Gasteiger partial charge in [-0.2, -0.15) is 0 Å². The number of halogens is 1. The van der Waals surface area contributed by atoms with Crippen LogP contribution in [0.3, 0.4) is 0 Å². The molecule has 0 bridgehead atoms. The van der Waals surface area contributed by atoms with Gasteiger partial charge in [-0.3, -0.25) is 4.79 Å². The average Bonchev–Trinajstić information content (AvgIpc) is 2.90. The standard InChI is InChI=1S/C16H15ClN2O/c1-19(16(20)15-7-6-13(17)10-18-15)14-8-11-4-2-3-5-12(11)9-14/h2-7,10,14H,8-9H2,1H3. The minimum Gasteiger partial charge on any atom is -0.337 e. The molecule has 4 heteroatoms. The lowest BCUT2D eigenvalue weighted by atomic mass is 10.1. The highest BCUT2D eigenvalue weighted by atomic mass is 35.5. The Morgan fingerprint density at radius 2 is 1.85 bits per heavy atom. The smallest absolute Gasteiger partial charge is 0.272 e. The quantitative estimate of drug-likeness (QED) is 0.850. The Bertz CT molecular complexity index is 614. The van der Waals surface area contributed by atoms with E-state index in [0.717, 1.165) is 12.8 Å². The second kappa shape index (κ2) is 5.25. The summed E-state index contributed by atoms with van der Waals surface area (Å²) in [5.74, 6) is -0.0560. The summed E-state index contributed by atoms with van der Waals surface area (Å²) in [6.07, 6.45) is 3.32. The van der Waals surface area contributed by atoms with Crippen molar-refractivity contribution in [3.05, 3.63) is 64.4 Å². The van der Waals surface area contributed by atoms with Crippen LogP contribution in [0.1, 0.15) is 21.6 Å². The number of aromatic nitrogens is 1. The van der Waals surface area contributed by atoms with E-state index in [1.807, 2.05) is 19.2 Å². The molecule has 1 amide bonds. The van der Waals surface area contributed by atoms with Crippen LogP contribution in [-0.4, -0.2) is 28.9 Å². The van der Waals surface area contributed by atoms with E-state index in [2.05, 4.69) is 17.1 Å². The molecule has 0 saturated carbocycles. The van der Waals surface area contributed by atoms with Gasteiger partial charge in [0.15, 0.2) is 0 Å². The monoisotopic (exact) mass is 286 g/mol. The number of carbonyl (C=O) groups is 1. The number of hydrogen-bond acceptors (Lipinski definition) is 2. The highest BCUT2D eigenvalue weighted by Crippen LogP contribution is 2.25. The van der Waals surface area contributed by atoms with Gasteiger partial charge >= 0.3 is 0 Å². The topological polar surface area (TPSA) is 33.2 Å². The molecule has 102 valence electrons. The van der Waals surface area contributed by atoms with E-state index in [9.17, 15) is 4.79 Å². The Morgan fingerprint density at radius 1 is 1.20 bits per heavy atom. The third-order valence-corrected chi connectivity index (χ3v) is 4.07. The number of likely N-dealkylation sites (N-methyl/N-ethyl adjacent to an activating group) is 1. The zero-order valence-electron chi connectivity index (χ0n) is 11.2. The molecule has 0 atom stereocenters. The van der Waals surface area contributed by atoms with Gasteiger partial charge in [0.25, 0.3) is 5.91 Å². The molecule has 1 aliphatic carbocycles. The van der Waals surface area contributed by atoms with Gasteiger partial charge < -0.3 is 4.90 Å². The number of carbonyl (C=O) groups excluding carboxylic acids is 1. The zero-order chi connectivity index (χ0) is 14.1. The van der Waals surface area contributed by atoms with E-state index in [1.165, 1.54) is 17.3 Å². The lowest BCUT2D eigenvalue weighted by molar-refractivity contribution is 0.0732. The summed E-state index contributed by atoms with van der Waals surface area (Å²) in [6.45, 7) is 0. The summed E-state index contributed by atoms with van der Waals surface area (Å²) >= 11 is 5.80. The van der Waals surface area contributed by atoms with E-state index < -0.39 is 0 Å². The van der Waals surface area contributed by atoms with Crippen LogP contribution in [0.25, 0.3) is 0 Å². The predicted molar refractivity (Wildman–Crippen MR) is 79.0 cm³/mol. The molecule has 0 fully saturated rings. The summed E-state index contributed by atoms with van der Waals surface area (Å²) in [5, 5.41) is 0.539. The van der Waals surface area contributed by atoms with Crippen LogP contribution < -0.4 is 0 Å². The van der Waals surface area contributed by atoms with Crippen molar-refractivity contribution in [1.82, 2.24) is 9.88 Å². The van der Waals surface area contributed by atoms with Crippen molar-refractivity contribution in [3.8, 4) is 0 Å². The highest BCUT2D eigenvalue weighted by molar-refractivity contribution is 6.30. The maximum absolute atomic E-state index is 12.4. The maximum atomic E-state index is 12.4. The van der Waals surface area contributed by atoms with Gasteiger partial charge in [-0.15, -0.1) is 0 Å². The summed E-state index contributed by atoms with van der Waals surface area (Å²) < 4.78 is 0. The molecular weight excluding hydrogens is 272 g/mol. The second-order valence-corrected chi connectivity index (χ2v) is 5.54. The maximum Gasteiger partial charge on any atom is 0.272 e. The van der Waals surface area contributed by atoms with Gasteiger partial charge in [0.1, 0.15) is 5.69 Å². The lowest BCUT2D eigenvalue weighted by Crippen LogP contribution is -2.38. The van der Waals surface area contributed by atoms with Crippen LogP contribution >= 0.6 is 11.6 Å². The third kappa shape index (κ3) is 2.41. The highest BCUT2D eigenvalue weighted by Gasteiger charge is 2.28. The fraction of sp³-hybridized carbons (Fsp3) is 0.250. The van der Waals surface area contributed by atoms with Crippen LogP contribution in [0, 0.1) is 0 Å². The number of pyridine rings is 1. The minimum absolute atomic E-state index is 0.0560. The Balaban J connectivity index is 1.76. The van der Waals surface area contributed by atoms with Crippen LogP contribution in [0.5, 0.6) is 0 Å². The number of nitrogens with zero attached hydrogens (tertiary/aromatic N) is 2. The molecule has 0 saturated heterocycles. The molecule has 1 heterocycles. The molecular formula is C16H15ClN2O. The van der Waals surface area contributed by atoms with Crippen LogP contribution in [-0.2, 0) is 12.8 Å². The summed E-state index contributed by atoms with van der Waals surface area (Å²) in [6, 6.07) is 11.9. The summed E-state index contributed by atoms with van der Waals surface area (Å²) in [4.78, 5) is 18.3. The summed E-state index contributed by atoms with van der Waals surface area (Å²) in [5.41, 5.74) is 3.11. The fourth-order valence-corrected chi connectivity index (χ4v) is 2.77. The molecule has 3 nitrogen and oxygen atoms in total. The van der Waals surface area contributed by atoms with Gasteiger partial charge in [0, 0.05) is 19.3 Å². The normalized spacial score (nSPS) is 14.1. The largest absolute Gasteiger partial charge is 0.337 e. The van der Waals surface area contributed by atoms with Crippen LogP contribution in [0.4, 0.5) is 0 Å². The minimum atomic E-state index is -0.0560. The van der Waals surface area contributed by atoms with Crippen molar-refractivity contribution in [1.29, 1.82) is 0 Å². The number of hydrogen-bond donors (Lipinski definition) is 0. The van der Waals surface area contributed by atoms with E-state index in [1.54, 1.807) is 17.0 Å². The van der Waals surface area contributed by atoms with Gasteiger partial charge in [-0.25, -0.2) is 4.98 Å². The SMILES string of the molecule is CN(C(=O)c1ccc(Cl)cn1)C1Cc2ccccc2C1. The van der Waals surface area contributed by atoms with Gasteiger partial charge in [-0.05, 0) is 36.1 Å². The van der Waals surface area contributed by atoms with Crippen molar-refractivity contribution in [2.24, 2.45) is 0 Å². The van der Waals surface area contributed by atoms with Gasteiger partial charge in [0.2, 0.25) is 0 Å². The average molecular weight is 287 g/mol. The number of benzene rings is 1. The van der Waals surface area contributed by atoms with Crippen molar-refractivity contribution >= 4 is 17.5 Å². The number of amides is 1. The van der Waals surface area contributed by atoms with Gasteiger partial charge in [0.05, 0.1) is 5.02 Å². The predicted octanol–water partition coefficient (Wildman–Crippen LogP) is 2.97. The molecule has 1 aromatic carbocycles. The van der Waals surface area contributed by atoms with Crippen molar-refractivity contribution in [3.63, 3.8) is 0 Å². The lowest BCUT2D eigenvalue weighted by Gasteiger charge is -2.24. The first kappa shape index (κ1) is 13.1. The van der Waals surface area contributed by atoms with Crippen molar-refractivity contribution in [2.75, 3.05) is 7.05 Å². The van der Waals surface area contributed by atoms with Gasteiger partial charge in [-0.1, -0.05) is 35.9 Å². The molecule has 1 aromatic heterocycles. The number of fused-ring (bicyclic) bond motifs is 1. The number of rotatable bonds is 2. The molecule has 0 radical (unpaired) electrons. The molecule has 1 aliphatic rings. The molecule has 0 unspecified atom stereocenters. The Morgan fingerprint density at radius 3 is 2.40 bits per heavy atom. The van der Waals surface area contributed by atoms with Crippen molar-refractivity contribution < 1.29 is 4.79 Å². The van der Waals surface area contributed by atoms with Crippen LogP contribution in [0.15, 0.2) is 42.6 Å². The zero-order valence-corrected chi connectivity index (χ0v) is 12.0. The van der Waals surface area contributed by atoms with E-state index in [-0.39, 0.29) is 11.9 Å². The Hall–Kier alpha value is -1.87. The summed E-state index contributed by atoms with van der Waals surface area (Å²) in [7, 11) is 1.84. The molecule has 3 rings (SSSR count). The Kier molecular flexibility index (Phi) is 3.45. The van der Waals surface area contributed by atoms with E-state index in [4.69, 9.17) is 11.6 Å². The molecule has 2 aromatic rings. The van der Waals surface area contributed by atoms with E-state index in [0.29, 0.717) is 10.7 Å². The first-order valence-corrected chi connectivity index (χ1v) is 6.98.